The SMILES string of the molecule is Cc1ccn(C)c1P. The minimum atomic E-state index is 1.27. The number of aromatic nitrogens is 1. The number of nitrogens with zero attached hydrogens (tertiary/aromatic N) is 1. The van der Waals surface area contributed by atoms with Crippen LogP contribution < -0.4 is 5.44 Å². The number of hydrogen-bond acceptors (Lipinski definition) is 0. The van der Waals surface area contributed by atoms with Crippen LogP contribution in [0.5, 0.6) is 0 Å². The molecule has 0 radical (unpaired) electrons. The zero-order valence-electron chi connectivity index (χ0n) is 5.18. The van der Waals surface area contributed by atoms with Gasteiger partial charge < -0.3 is 4.57 Å². The Labute approximate surface area is 51.9 Å². The highest BCUT2D eigenvalue weighted by Crippen LogP contribution is 1.97. The molecule has 44 valence electrons. The van der Waals surface area contributed by atoms with Crippen LogP contribution in [0.25, 0.3) is 0 Å². The molecule has 1 aromatic rings. The van der Waals surface area contributed by atoms with Crippen LogP contribution in [0.1, 0.15) is 5.56 Å². The Balaban J connectivity index is 3.19. The van der Waals surface area contributed by atoms with Crippen molar-refractivity contribution < 1.29 is 0 Å². The van der Waals surface area contributed by atoms with Crippen LogP contribution in [0.4, 0.5) is 0 Å². The van der Waals surface area contributed by atoms with Gasteiger partial charge in [0.05, 0.1) is 0 Å². The molecule has 0 aliphatic rings. The van der Waals surface area contributed by atoms with Crippen LogP contribution in [-0.2, 0) is 7.05 Å². The molecule has 0 aromatic carbocycles. The molecule has 0 fully saturated rings. The van der Waals surface area contributed by atoms with Crippen LogP contribution in [0.2, 0.25) is 0 Å². The summed E-state index contributed by atoms with van der Waals surface area (Å²) in [6.45, 7) is 2.10. The largest absolute Gasteiger partial charge is 0.351 e. The van der Waals surface area contributed by atoms with E-state index in [1.807, 2.05) is 7.05 Å². The summed E-state index contributed by atoms with van der Waals surface area (Å²) in [5.74, 6) is 0. The van der Waals surface area contributed by atoms with Gasteiger partial charge in [0, 0.05) is 18.7 Å². The Morgan fingerprint density at radius 2 is 2.25 bits per heavy atom. The van der Waals surface area contributed by atoms with E-state index in [1.165, 1.54) is 11.0 Å². The van der Waals surface area contributed by atoms with Gasteiger partial charge in [0.1, 0.15) is 0 Å². The summed E-state index contributed by atoms with van der Waals surface area (Å²) in [5.41, 5.74) is 2.60. The van der Waals surface area contributed by atoms with E-state index in [1.54, 1.807) is 0 Å². The lowest BCUT2D eigenvalue weighted by molar-refractivity contribution is 0.959. The van der Waals surface area contributed by atoms with Gasteiger partial charge in [-0.3, -0.25) is 0 Å². The molecule has 1 unspecified atom stereocenters. The third-order valence-corrected chi connectivity index (χ3v) is 2.19. The normalized spacial score (nSPS) is 9.88. The third kappa shape index (κ3) is 0.784. The van der Waals surface area contributed by atoms with Gasteiger partial charge >= 0.3 is 0 Å². The molecule has 8 heavy (non-hydrogen) atoms. The molecule has 0 N–H and O–H groups in total. The lowest BCUT2D eigenvalue weighted by atomic mass is 10.4. The Bertz CT molecular complexity index is 171. The summed E-state index contributed by atoms with van der Waals surface area (Å²) >= 11 is 0. The minimum absolute atomic E-state index is 1.27. The predicted octanol–water partition coefficient (Wildman–Crippen LogP) is 0.834. The molecule has 0 bridgehead atoms. The summed E-state index contributed by atoms with van der Waals surface area (Å²) in [6, 6.07) is 2.10. The summed E-state index contributed by atoms with van der Waals surface area (Å²) < 4.78 is 2.08. The van der Waals surface area contributed by atoms with E-state index in [9.17, 15) is 0 Å². The van der Waals surface area contributed by atoms with Crippen LogP contribution in [0.3, 0.4) is 0 Å². The first-order chi connectivity index (χ1) is 3.72. The fourth-order valence-electron chi connectivity index (χ4n) is 0.667. The Kier molecular flexibility index (Phi) is 1.39. The second kappa shape index (κ2) is 1.91. The van der Waals surface area contributed by atoms with Crippen molar-refractivity contribution in [3.05, 3.63) is 17.8 Å². The zero-order chi connectivity index (χ0) is 6.15. The summed E-state index contributed by atoms with van der Waals surface area (Å²) in [4.78, 5) is 0. The van der Waals surface area contributed by atoms with E-state index < -0.39 is 0 Å². The van der Waals surface area contributed by atoms with Crippen LogP contribution >= 0.6 is 9.24 Å². The molecule has 1 atom stereocenters. The van der Waals surface area contributed by atoms with E-state index in [-0.39, 0.29) is 0 Å². The van der Waals surface area contributed by atoms with Crippen molar-refractivity contribution in [2.45, 2.75) is 6.92 Å². The Hall–Kier alpha value is -0.290. The maximum absolute atomic E-state index is 2.69. The third-order valence-electron chi connectivity index (χ3n) is 1.33. The van der Waals surface area contributed by atoms with Gasteiger partial charge in [-0.15, -0.1) is 0 Å². The number of hydrogen-bond donors (Lipinski definition) is 0. The smallest absolute Gasteiger partial charge is 0.0373 e. The Morgan fingerprint density at radius 1 is 1.62 bits per heavy atom. The molecule has 0 spiro atoms. The predicted molar refractivity (Wildman–Crippen MR) is 39.5 cm³/mol. The van der Waals surface area contributed by atoms with Gasteiger partial charge in [0.25, 0.3) is 0 Å². The molecule has 1 nitrogen and oxygen atoms in total. The van der Waals surface area contributed by atoms with Crippen molar-refractivity contribution in [2.75, 3.05) is 0 Å². The molecule has 2 heteroatoms. The van der Waals surface area contributed by atoms with E-state index in [2.05, 4.69) is 33.0 Å². The van der Waals surface area contributed by atoms with Gasteiger partial charge in [-0.1, -0.05) is 9.24 Å². The number of rotatable bonds is 0. The quantitative estimate of drug-likeness (QED) is 0.455. The Morgan fingerprint density at radius 3 is 2.38 bits per heavy atom. The highest BCUT2D eigenvalue weighted by Gasteiger charge is 1.92. The first-order valence-electron chi connectivity index (χ1n) is 2.59. The van der Waals surface area contributed by atoms with Crippen molar-refractivity contribution in [2.24, 2.45) is 7.05 Å². The van der Waals surface area contributed by atoms with E-state index >= 15 is 0 Å². The van der Waals surface area contributed by atoms with Gasteiger partial charge in [-0.2, -0.15) is 0 Å². The molecular formula is C6H10NP. The second-order valence-electron chi connectivity index (χ2n) is 1.99. The molecular weight excluding hydrogens is 117 g/mol. The van der Waals surface area contributed by atoms with Crippen LogP contribution in [-0.4, -0.2) is 4.57 Å². The van der Waals surface area contributed by atoms with E-state index in [0.717, 1.165) is 0 Å². The highest BCUT2D eigenvalue weighted by atomic mass is 31.0. The molecule has 1 rings (SSSR count). The first kappa shape index (κ1) is 5.84. The average Bonchev–Trinajstić information content (AvgIpc) is 1.98. The second-order valence-corrected chi connectivity index (χ2v) is 2.54. The lowest BCUT2D eigenvalue weighted by Gasteiger charge is -1.93. The van der Waals surface area contributed by atoms with Gasteiger partial charge in [-0.05, 0) is 18.6 Å². The summed E-state index contributed by atoms with van der Waals surface area (Å²) in [7, 11) is 4.73. The molecule has 0 aliphatic heterocycles. The van der Waals surface area contributed by atoms with Crippen molar-refractivity contribution in [1.29, 1.82) is 0 Å². The van der Waals surface area contributed by atoms with Crippen molar-refractivity contribution in [3.8, 4) is 0 Å². The molecule has 0 amide bonds. The topological polar surface area (TPSA) is 4.93 Å². The summed E-state index contributed by atoms with van der Waals surface area (Å²) in [5, 5.41) is 0. The van der Waals surface area contributed by atoms with Gasteiger partial charge in [-0.25, -0.2) is 0 Å². The minimum Gasteiger partial charge on any atom is -0.351 e. The van der Waals surface area contributed by atoms with Crippen LogP contribution in [0.15, 0.2) is 12.3 Å². The fraction of sp³-hybridized carbons (Fsp3) is 0.333. The fourth-order valence-corrected chi connectivity index (χ4v) is 0.850. The van der Waals surface area contributed by atoms with Crippen molar-refractivity contribution >= 4 is 14.7 Å². The first-order valence-corrected chi connectivity index (χ1v) is 3.17. The van der Waals surface area contributed by atoms with E-state index in [0.29, 0.717) is 0 Å². The standard InChI is InChI=1S/C6H10NP/c1-5-3-4-7(2)6(5)8/h3-4H,8H2,1-2H3. The maximum atomic E-state index is 2.69. The average molecular weight is 127 g/mol. The summed E-state index contributed by atoms with van der Waals surface area (Å²) in [6.07, 6.45) is 2.05. The highest BCUT2D eigenvalue weighted by molar-refractivity contribution is 7.27. The zero-order valence-corrected chi connectivity index (χ0v) is 6.33. The maximum Gasteiger partial charge on any atom is 0.0373 e. The monoisotopic (exact) mass is 127 g/mol. The molecule has 1 aromatic heterocycles. The van der Waals surface area contributed by atoms with Crippen molar-refractivity contribution in [3.63, 3.8) is 0 Å². The molecule has 0 aliphatic carbocycles. The molecule has 0 saturated carbocycles. The van der Waals surface area contributed by atoms with E-state index in [4.69, 9.17) is 0 Å². The number of aryl methyl sites for hydroxylation is 2. The van der Waals surface area contributed by atoms with Crippen LogP contribution in [0, 0.1) is 6.92 Å². The van der Waals surface area contributed by atoms with Gasteiger partial charge in [0.15, 0.2) is 0 Å². The lowest BCUT2D eigenvalue weighted by Crippen LogP contribution is -2.04. The molecule has 0 saturated heterocycles. The van der Waals surface area contributed by atoms with Gasteiger partial charge in [0.2, 0.25) is 0 Å². The van der Waals surface area contributed by atoms with Crippen molar-refractivity contribution in [1.82, 2.24) is 4.57 Å². The molecule has 1 heterocycles.